The lowest BCUT2D eigenvalue weighted by atomic mass is 10.0. The fourth-order valence-corrected chi connectivity index (χ4v) is 6.37. The Labute approximate surface area is 317 Å². The van der Waals surface area contributed by atoms with Crippen LogP contribution in [-0.4, -0.2) is 136 Å². The minimum absolute atomic E-state index is 0.00948. The molecule has 0 amide bonds. The molecule has 0 bridgehead atoms. The molecule has 1 aliphatic heterocycles. The summed E-state index contributed by atoms with van der Waals surface area (Å²) in [5, 5.41) is 37.5. The molecule has 2 fully saturated rings. The number of unbranched alkanes of at least 4 members (excludes halogenated alkanes) is 1. The maximum Gasteiger partial charge on any atom is 0.354 e. The van der Waals surface area contributed by atoms with E-state index in [4.69, 9.17) is 29.3 Å². The van der Waals surface area contributed by atoms with E-state index in [0.29, 0.717) is 78.1 Å². The summed E-state index contributed by atoms with van der Waals surface area (Å²) in [5.74, 6) is -2.07. The number of nitrogens with zero attached hydrogens (tertiary/aromatic N) is 5. The van der Waals surface area contributed by atoms with E-state index >= 15 is 0 Å². The highest BCUT2D eigenvalue weighted by molar-refractivity contribution is 8.05. The van der Waals surface area contributed by atoms with Crippen molar-refractivity contribution in [2.45, 2.75) is 88.8 Å². The summed E-state index contributed by atoms with van der Waals surface area (Å²) >= 11 is 1.09. The first-order valence-corrected chi connectivity index (χ1v) is 19.3. The van der Waals surface area contributed by atoms with Gasteiger partial charge in [-0.2, -0.15) is 5.26 Å². The number of fused-ring (bicyclic) bond motifs is 1. The number of rotatable bonds is 11. The lowest BCUT2D eigenvalue weighted by Gasteiger charge is -2.32. The van der Waals surface area contributed by atoms with Crippen LogP contribution in [0.15, 0.2) is 36.4 Å². The Bertz CT molecular complexity index is 1430. The van der Waals surface area contributed by atoms with Crippen LogP contribution in [0.4, 0.5) is 0 Å². The van der Waals surface area contributed by atoms with Gasteiger partial charge in [-0.05, 0) is 75.6 Å². The first-order chi connectivity index (χ1) is 25.6. The first-order valence-electron chi connectivity index (χ1n) is 18.5. The Morgan fingerprint density at radius 1 is 0.906 bits per heavy atom. The number of hydrogen-bond acceptors (Lipinski definition) is 13. The van der Waals surface area contributed by atoms with Crippen LogP contribution in [0.1, 0.15) is 97.7 Å². The number of carboxylic acids is 2. The van der Waals surface area contributed by atoms with Gasteiger partial charge in [0.15, 0.2) is 0 Å². The van der Waals surface area contributed by atoms with Gasteiger partial charge < -0.3 is 34.3 Å². The van der Waals surface area contributed by atoms with Crippen molar-refractivity contribution in [2.24, 2.45) is 0 Å². The topological polar surface area (TPSA) is 188 Å². The van der Waals surface area contributed by atoms with Gasteiger partial charge in [-0.1, -0.05) is 31.9 Å². The number of nitriles is 1. The van der Waals surface area contributed by atoms with Crippen molar-refractivity contribution in [1.82, 2.24) is 19.8 Å². The van der Waals surface area contributed by atoms with Crippen LogP contribution in [0, 0.1) is 10.7 Å². The molecule has 2 aromatic heterocycles. The number of aromatic carboxylic acids is 2. The molecular weight excluding hydrogens is 703 g/mol. The Morgan fingerprint density at radius 3 is 2.09 bits per heavy atom. The van der Waals surface area contributed by atoms with Gasteiger partial charge in [-0.3, -0.25) is 9.80 Å². The van der Waals surface area contributed by atoms with E-state index in [1.807, 2.05) is 31.4 Å². The predicted molar refractivity (Wildman–Crippen MR) is 201 cm³/mol. The standard InChI is InChI=1S/C33H48N4O8.C5H9NOS/c1-2-3-11-29(26-8-5-10-28(35-26)33(40)41)37-16-19-43-23-22-42-18-14-36(24-25-7-4-9-27(34-25)32(38)39)15-20-44-30-12-6-13-31(30)45-21-17-37;1-5(2,3-7)8-4-6/h4-5,7-10,29-31H,2-3,6,11-24H2,1H3,(H,38,39)(H,40,41);7H,3H2,1-2H3. The normalized spacial score (nSPS) is 20.8. The van der Waals surface area contributed by atoms with Gasteiger partial charge in [-0.15, -0.1) is 0 Å². The summed E-state index contributed by atoms with van der Waals surface area (Å²) in [4.78, 5) is 36.3. The van der Waals surface area contributed by atoms with Crippen LogP contribution < -0.4 is 0 Å². The van der Waals surface area contributed by atoms with Crippen LogP contribution in [0.25, 0.3) is 0 Å². The van der Waals surface area contributed by atoms with Crippen molar-refractivity contribution in [1.29, 1.82) is 5.26 Å². The molecule has 3 unspecified atom stereocenters. The largest absolute Gasteiger partial charge is 0.477 e. The van der Waals surface area contributed by atoms with Crippen molar-refractivity contribution in [3.63, 3.8) is 0 Å². The van der Waals surface area contributed by atoms with E-state index in [1.165, 1.54) is 12.1 Å². The first kappa shape index (κ1) is 44.2. The van der Waals surface area contributed by atoms with Gasteiger partial charge in [0, 0.05) is 37.5 Å². The zero-order valence-corrected chi connectivity index (χ0v) is 32.2. The minimum Gasteiger partial charge on any atom is -0.477 e. The number of ether oxygens (including phenoxy) is 4. The third-order valence-corrected chi connectivity index (χ3v) is 9.78. The fourth-order valence-electron chi connectivity index (χ4n) is 6.06. The maximum atomic E-state index is 11.7. The Morgan fingerprint density at radius 2 is 1.49 bits per heavy atom. The monoisotopic (exact) mass is 759 g/mol. The number of aliphatic hydroxyl groups is 1. The molecule has 14 nitrogen and oxygen atoms in total. The molecule has 53 heavy (non-hydrogen) atoms. The molecule has 4 rings (SSSR count). The van der Waals surface area contributed by atoms with Gasteiger partial charge in [0.05, 0.1) is 75.9 Å². The number of hydrogen-bond donors (Lipinski definition) is 3. The molecule has 0 radical (unpaired) electrons. The Kier molecular flexibility index (Phi) is 20.2. The number of pyridine rings is 2. The summed E-state index contributed by atoms with van der Waals surface area (Å²) in [7, 11) is 0. The summed E-state index contributed by atoms with van der Waals surface area (Å²) in [5.41, 5.74) is 1.53. The van der Waals surface area contributed by atoms with Gasteiger partial charge in [-0.25, -0.2) is 19.6 Å². The van der Waals surface area contributed by atoms with E-state index < -0.39 is 11.9 Å². The maximum absolute atomic E-state index is 11.7. The summed E-state index contributed by atoms with van der Waals surface area (Å²) in [6.45, 7) is 11.9. The highest BCUT2D eigenvalue weighted by Crippen LogP contribution is 2.28. The zero-order chi connectivity index (χ0) is 38.5. The molecule has 1 saturated heterocycles. The van der Waals surface area contributed by atoms with Crippen molar-refractivity contribution in [3.05, 3.63) is 59.2 Å². The van der Waals surface area contributed by atoms with Crippen LogP contribution in [0.5, 0.6) is 0 Å². The molecule has 3 N–H and O–H groups in total. The molecule has 0 aromatic carbocycles. The predicted octanol–water partition coefficient (Wildman–Crippen LogP) is 4.88. The highest BCUT2D eigenvalue weighted by atomic mass is 32.2. The number of thiocyanates is 1. The van der Waals surface area contributed by atoms with Crippen LogP contribution in [-0.2, 0) is 25.5 Å². The van der Waals surface area contributed by atoms with Crippen molar-refractivity contribution in [3.8, 4) is 5.40 Å². The van der Waals surface area contributed by atoms with E-state index in [2.05, 4.69) is 26.7 Å². The van der Waals surface area contributed by atoms with Crippen LogP contribution >= 0.6 is 11.8 Å². The molecule has 3 atom stereocenters. The average molecular weight is 760 g/mol. The van der Waals surface area contributed by atoms with E-state index in [9.17, 15) is 19.8 Å². The Balaban J connectivity index is 0.000000846. The molecule has 3 heterocycles. The van der Waals surface area contributed by atoms with Gasteiger partial charge in [0.2, 0.25) is 0 Å². The SMILES string of the molecule is CC(C)(CO)SC#N.CCCCC(c1cccc(C(=O)O)n1)N1CCOCCOCCN(Cc2cccc(C(=O)O)n2)CCOC2CCCC2OCC1. The number of aromatic nitrogens is 2. The quantitative estimate of drug-likeness (QED) is 0.263. The number of aliphatic hydroxyl groups excluding tert-OH is 1. The molecular formula is C38H57N5O9S. The van der Waals surface area contributed by atoms with Gasteiger partial charge >= 0.3 is 11.9 Å². The molecule has 1 aliphatic carbocycles. The lowest BCUT2D eigenvalue weighted by Crippen LogP contribution is -2.38. The van der Waals surface area contributed by atoms with E-state index in [0.717, 1.165) is 56.0 Å². The van der Waals surface area contributed by atoms with Crippen molar-refractivity contribution >= 4 is 23.7 Å². The summed E-state index contributed by atoms with van der Waals surface area (Å²) in [6, 6.07) is 10.2. The molecule has 0 spiro atoms. The average Bonchev–Trinajstić information content (AvgIpc) is 3.59. The summed E-state index contributed by atoms with van der Waals surface area (Å²) < 4.78 is 24.3. The van der Waals surface area contributed by atoms with Crippen LogP contribution in [0.2, 0.25) is 0 Å². The number of carbonyl (C=O) groups is 2. The third kappa shape index (κ3) is 16.4. The minimum atomic E-state index is -1.04. The second-order valence-electron chi connectivity index (χ2n) is 13.6. The second kappa shape index (κ2) is 24.3. The third-order valence-electron chi connectivity index (χ3n) is 9.01. The van der Waals surface area contributed by atoms with E-state index in [1.54, 1.807) is 12.1 Å². The second-order valence-corrected chi connectivity index (χ2v) is 15.1. The smallest absolute Gasteiger partial charge is 0.354 e. The van der Waals surface area contributed by atoms with Gasteiger partial charge in [0.25, 0.3) is 0 Å². The Hall–Kier alpha value is -3.20. The highest BCUT2D eigenvalue weighted by Gasteiger charge is 2.30. The van der Waals surface area contributed by atoms with Gasteiger partial charge in [0.1, 0.15) is 16.8 Å². The molecule has 15 heteroatoms. The van der Waals surface area contributed by atoms with Crippen molar-refractivity contribution < 1.29 is 43.9 Å². The lowest BCUT2D eigenvalue weighted by molar-refractivity contribution is -0.0688. The molecule has 2 aliphatic rings. The van der Waals surface area contributed by atoms with E-state index in [-0.39, 0.29) is 41.0 Å². The van der Waals surface area contributed by atoms with Crippen LogP contribution in [0.3, 0.4) is 0 Å². The number of carboxylic acid groups (broad SMARTS) is 2. The molecule has 2 aromatic rings. The van der Waals surface area contributed by atoms with Crippen molar-refractivity contribution in [2.75, 3.05) is 72.4 Å². The zero-order valence-electron chi connectivity index (χ0n) is 31.4. The summed E-state index contributed by atoms with van der Waals surface area (Å²) in [6.07, 6.45) is 5.83. The number of thioether (sulfide) groups is 1. The molecule has 294 valence electrons. The molecule has 1 saturated carbocycles. The fraction of sp³-hybridized carbons (Fsp3) is 0.658.